The number of nitrogens with one attached hydrogen (secondary N) is 1. The second-order valence-electron chi connectivity index (χ2n) is 6.51. The van der Waals surface area contributed by atoms with Crippen LogP contribution < -0.4 is 10.1 Å². The van der Waals surface area contributed by atoms with Crippen molar-refractivity contribution in [2.24, 2.45) is 0 Å². The van der Waals surface area contributed by atoms with Gasteiger partial charge in [0.05, 0.1) is 13.7 Å². The molecule has 6 nitrogen and oxygen atoms in total. The molecule has 1 saturated heterocycles. The molecular weight excluding hydrogens is 373 g/mol. The standard InChI is InChI=1S/C22H18FN3O3/c1-29-19-10-8-17(9-11-19)25-12-2-3-18(25)13-20-21(27)26(22(28)24-20)14-15-4-6-16(23)7-5-15/h2-13H,14H2,1H3,(H,24,28)/b20-13-. The Labute approximate surface area is 166 Å². The van der Waals surface area contributed by atoms with Crippen LogP contribution in [-0.4, -0.2) is 28.5 Å². The summed E-state index contributed by atoms with van der Waals surface area (Å²) < 4.78 is 20.1. The first kappa shape index (κ1) is 18.5. The Balaban J connectivity index is 1.57. The van der Waals surface area contributed by atoms with Gasteiger partial charge in [-0.25, -0.2) is 9.18 Å². The number of amides is 3. The molecule has 146 valence electrons. The molecule has 0 bridgehead atoms. The number of hydrogen-bond acceptors (Lipinski definition) is 3. The Bertz CT molecular complexity index is 1090. The van der Waals surface area contributed by atoms with Crippen LogP contribution in [0.3, 0.4) is 0 Å². The number of hydrogen-bond donors (Lipinski definition) is 1. The molecule has 0 spiro atoms. The van der Waals surface area contributed by atoms with Gasteiger partial charge in [0.25, 0.3) is 5.91 Å². The fourth-order valence-corrected chi connectivity index (χ4v) is 3.13. The molecule has 29 heavy (non-hydrogen) atoms. The maximum absolute atomic E-state index is 13.1. The van der Waals surface area contributed by atoms with E-state index < -0.39 is 11.9 Å². The third-order valence-electron chi connectivity index (χ3n) is 4.64. The SMILES string of the molecule is COc1ccc(-n2cccc2/C=C2\NC(=O)N(Cc3ccc(F)cc3)C2=O)cc1. The van der Waals surface area contributed by atoms with E-state index in [1.165, 1.54) is 12.1 Å². The van der Waals surface area contributed by atoms with Crippen LogP contribution in [0, 0.1) is 5.82 Å². The predicted octanol–water partition coefficient (Wildman–Crippen LogP) is 3.72. The third-order valence-corrected chi connectivity index (χ3v) is 4.64. The minimum atomic E-state index is -0.506. The largest absolute Gasteiger partial charge is 0.497 e. The van der Waals surface area contributed by atoms with Crippen molar-refractivity contribution in [3.8, 4) is 11.4 Å². The highest BCUT2D eigenvalue weighted by atomic mass is 19.1. The van der Waals surface area contributed by atoms with Crippen molar-refractivity contribution in [1.29, 1.82) is 0 Å². The summed E-state index contributed by atoms with van der Waals surface area (Å²) in [6.45, 7) is 0.0712. The normalized spacial score (nSPS) is 15.1. The van der Waals surface area contributed by atoms with E-state index in [1.54, 1.807) is 25.3 Å². The van der Waals surface area contributed by atoms with E-state index in [4.69, 9.17) is 4.74 Å². The van der Waals surface area contributed by atoms with Crippen LogP contribution in [-0.2, 0) is 11.3 Å². The van der Waals surface area contributed by atoms with Crippen molar-refractivity contribution < 1.29 is 18.7 Å². The van der Waals surface area contributed by atoms with Crippen LogP contribution in [0.15, 0.2) is 72.6 Å². The zero-order valence-electron chi connectivity index (χ0n) is 15.6. The average Bonchev–Trinajstić information content (AvgIpc) is 3.30. The molecule has 0 saturated carbocycles. The lowest BCUT2D eigenvalue weighted by Gasteiger charge is -2.11. The maximum atomic E-state index is 13.1. The van der Waals surface area contributed by atoms with Crippen LogP contribution in [0.4, 0.5) is 9.18 Å². The Morgan fingerprint density at radius 2 is 1.76 bits per heavy atom. The van der Waals surface area contributed by atoms with Gasteiger partial charge in [-0.1, -0.05) is 12.1 Å². The van der Waals surface area contributed by atoms with Crippen LogP contribution in [0.2, 0.25) is 0 Å². The highest BCUT2D eigenvalue weighted by molar-refractivity contribution is 6.13. The summed E-state index contributed by atoms with van der Waals surface area (Å²) in [5.41, 5.74) is 2.48. The summed E-state index contributed by atoms with van der Waals surface area (Å²) in [4.78, 5) is 26.1. The van der Waals surface area contributed by atoms with Gasteiger partial charge in [-0.2, -0.15) is 0 Å². The molecule has 0 atom stereocenters. The molecule has 1 aliphatic heterocycles. The quantitative estimate of drug-likeness (QED) is 0.533. The van der Waals surface area contributed by atoms with Gasteiger partial charge < -0.3 is 14.6 Å². The van der Waals surface area contributed by atoms with E-state index in [0.717, 1.165) is 22.0 Å². The molecule has 4 rings (SSSR count). The fourth-order valence-electron chi connectivity index (χ4n) is 3.13. The van der Waals surface area contributed by atoms with Crippen LogP contribution in [0.1, 0.15) is 11.3 Å². The summed E-state index contributed by atoms with van der Waals surface area (Å²) in [5.74, 6) is -0.0527. The van der Waals surface area contributed by atoms with E-state index in [2.05, 4.69) is 5.32 Å². The summed E-state index contributed by atoms with van der Waals surface area (Å²) in [6.07, 6.45) is 3.50. The first-order valence-electron chi connectivity index (χ1n) is 8.96. The van der Waals surface area contributed by atoms with Gasteiger partial charge in [-0.05, 0) is 60.2 Å². The first-order chi connectivity index (χ1) is 14.0. The van der Waals surface area contributed by atoms with Crippen LogP contribution in [0.25, 0.3) is 11.8 Å². The number of carbonyl (C=O) groups excluding carboxylic acids is 2. The number of imide groups is 1. The zero-order valence-corrected chi connectivity index (χ0v) is 15.6. The Morgan fingerprint density at radius 1 is 1.03 bits per heavy atom. The molecule has 0 unspecified atom stereocenters. The minimum Gasteiger partial charge on any atom is -0.497 e. The van der Waals surface area contributed by atoms with Crippen molar-refractivity contribution in [3.63, 3.8) is 0 Å². The average molecular weight is 391 g/mol. The number of methoxy groups -OCH3 is 1. The molecule has 0 aliphatic carbocycles. The van der Waals surface area contributed by atoms with Gasteiger partial charge in [0.1, 0.15) is 17.3 Å². The van der Waals surface area contributed by atoms with Gasteiger partial charge in [0, 0.05) is 17.6 Å². The lowest BCUT2D eigenvalue weighted by atomic mass is 10.2. The van der Waals surface area contributed by atoms with E-state index in [-0.39, 0.29) is 18.1 Å². The van der Waals surface area contributed by atoms with E-state index >= 15 is 0 Å². The second kappa shape index (κ2) is 7.63. The van der Waals surface area contributed by atoms with Gasteiger partial charge >= 0.3 is 6.03 Å². The number of aromatic nitrogens is 1. The molecule has 2 aromatic carbocycles. The van der Waals surface area contributed by atoms with Crippen LogP contribution >= 0.6 is 0 Å². The van der Waals surface area contributed by atoms with Gasteiger partial charge in [0.2, 0.25) is 0 Å². The van der Waals surface area contributed by atoms with E-state index in [0.29, 0.717) is 5.56 Å². The highest BCUT2D eigenvalue weighted by Gasteiger charge is 2.33. The Hall–Kier alpha value is -3.87. The zero-order chi connectivity index (χ0) is 20.4. The molecule has 3 aromatic rings. The Kier molecular flexibility index (Phi) is 4.87. The third kappa shape index (κ3) is 3.75. The summed E-state index contributed by atoms with van der Waals surface area (Å²) >= 11 is 0. The van der Waals surface area contributed by atoms with E-state index in [1.807, 2.05) is 47.2 Å². The van der Waals surface area contributed by atoms with Gasteiger partial charge in [0.15, 0.2) is 0 Å². The number of carbonyl (C=O) groups is 2. The van der Waals surface area contributed by atoms with E-state index in [9.17, 15) is 14.0 Å². The lowest BCUT2D eigenvalue weighted by Crippen LogP contribution is -2.30. The molecule has 7 heteroatoms. The van der Waals surface area contributed by atoms with Crippen LogP contribution in [0.5, 0.6) is 5.75 Å². The van der Waals surface area contributed by atoms with Gasteiger partial charge in [-0.15, -0.1) is 0 Å². The topological polar surface area (TPSA) is 63.6 Å². The van der Waals surface area contributed by atoms with Gasteiger partial charge in [-0.3, -0.25) is 9.69 Å². The number of nitrogens with zero attached hydrogens (tertiary/aromatic N) is 2. The molecule has 1 fully saturated rings. The molecule has 1 aliphatic rings. The highest BCUT2D eigenvalue weighted by Crippen LogP contribution is 2.21. The Morgan fingerprint density at radius 3 is 2.45 bits per heavy atom. The maximum Gasteiger partial charge on any atom is 0.329 e. The number of halogens is 1. The smallest absolute Gasteiger partial charge is 0.329 e. The van der Waals surface area contributed by atoms with Crippen molar-refractivity contribution in [3.05, 3.63) is 89.6 Å². The molecule has 0 radical (unpaired) electrons. The lowest BCUT2D eigenvalue weighted by molar-refractivity contribution is -0.123. The van der Waals surface area contributed by atoms with Crippen molar-refractivity contribution in [2.75, 3.05) is 7.11 Å². The summed E-state index contributed by atoms with van der Waals surface area (Å²) in [5, 5.41) is 2.61. The molecule has 2 heterocycles. The minimum absolute atomic E-state index is 0.0712. The van der Waals surface area contributed by atoms with Crippen molar-refractivity contribution in [2.45, 2.75) is 6.54 Å². The molecule has 3 amide bonds. The summed E-state index contributed by atoms with van der Waals surface area (Å²) in [6, 6.07) is 16.4. The monoisotopic (exact) mass is 391 g/mol. The first-order valence-corrected chi connectivity index (χ1v) is 8.96. The number of urea groups is 1. The molecule has 1 N–H and O–H groups in total. The number of rotatable bonds is 5. The fraction of sp³-hybridized carbons (Fsp3) is 0.0909. The predicted molar refractivity (Wildman–Crippen MR) is 106 cm³/mol. The number of benzene rings is 2. The van der Waals surface area contributed by atoms with Crippen molar-refractivity contribution >= 4 is 18.0 Å². The second-order valence-corrected chi connectivity index (χ2v) is 6.51. The molecule has 1 aromatic heterocycles. The molecular formula is C22H18FN3O3. The van der Waals surface area contributed by atoms with Crippen molar-refractivity contribution in [1.82, 2.24) is 14.8 Å². The number of ether oxygens (including phenoxy) is 1. The summed E-state index contributed by atoms with van der Waals surface area (Å²) in [7, 11) is 1.60.